The largest absolute Gasteiger partial charge is 0.392 e. The Bertz CT molecular complexity index is 1520. The van der Waals surface area contributed by atoms with Crippen LogP contribution in [0.3, 0.4) is 0 Å². The minimum Gasteiger partial charge on any atom is -0.392 e. The number of nitrogens with one attached hydrogen (secondary N) is 1. The van der Waals surface area contributed by atoms with E-state index in [1.165, 1.54) is 0 Å². The molecule has 0 radical (unpaired) electrons. The molecule has 6 rings (SSSR count). The molecule has 3 N–H and O–H groups in total. The fourth-order valence-corrected chi connectivity index (χ4v) is 6.12. The molecule has 0 bridgehead atoms. The molecule has 7 nitrogen and oxygen atoms in total. The van der Waals surface area contributed by atoms with Crippen LogP contribution in [0.5, 0.6) is 0 Å². The van der Waals surface area contributed by atoms with Crippen LogP contribution in [0, 0.1) is 0 Å². The number of aliphatic hydroxyl groups is 2. The second kappa shape index (κ2) is 13.6. The first-order chi connectivity index (χ1) is 21.4. The van der Waals surface area contributed by atoms with Crippen LogP contribution in [0.25, 0.3) is 0 Å². The Labute approximate surface area is 263 Å². The van der Waals surface area contributed by atoms with Gasteiger partial charge in [-0.1, -0.05) is 78.3 Å². The SMILES string of the molecule is O=C(Nc1ccc([C@H]2O[C@@H](CN3CCC(O)(c4ccc(Cl)cc4)CC3)C[C@@H](c3ccc(CO)cc3)O2)cc1)c1ccccc1. The maximum atomic E-state index is 12.6. The van der Waals surface area contributed by atoms with Gasteiger partial charge >= 0.3 is 0 Å². The van der Waals surface area contributed by atoms with Crippen LogP contribution in [0.2, 0.25) is 5.02 Å². The summed E-state index contributed by atoms with van der Waals surface area (Å²) >= 11 is 6.06. The third-order valence-corrected chi connectivity index (χ3v) is 8.87. The molecular weight excluding hydrogens is 576 g/mol. The standard InChI is InChI=1S/C36H37ClN2O5/c37-30-14-12-29(13-15-30)36(42)18-20-39(21-19-36)23-32-22-33(26-8-6-25(24-40)7-9-26)44-35(43-32)28-10-16-31(17-11-28)38-34(41)27-4-2-1-3-5-27/h1-17,32-33,35,40,42H,18-24H2,(H,38,41)/t32-,33+,35+/m1/s1. The Morgan fingerprint density at radius 1 is 0.864 bits per heavy atom. The minimum atomic E-state index is -0.866. The first-order valence-electron chi connectivity index (χ1n) is 15.1. The Morgan fingerprint density at radius 2 is 1.52 bits per heavy atom. The number of likely N-dealkylation sites (tertiary alicyclic amines) is 1. The molecule has 0 spiro atoms. The second-order valence-corrected chi connectivity index (χ2v) is 12.1. The Balaban J connectivity index is 1.14. The van der Waals surface area contributed by atoms with E-state index in [0.29, 0.717) is 42.1 Å². The number of benzene rings is 4. The summed E-state index contributed by atoms with van der Waals surface area (Å²) in [6.07, 6.45) is 1.05. The maximum Gasteiger partial charge on any atom is 0.255 e. The van der Waals surface area contributed by atoms with Crippen molar-refractivity contribution in [1.82, 2.24) is 4.90 Å². The van der Waals surface area contributed by atoms with Crippen LogP contribution in [0.4, 0.5) is 5.69 Å². The average Bonchev–Trinajstić information content (AvgIpc) is 3.07. The fourth-order valence-electron chi connectivity index (χ4n) is 5.99. The van der Waals surface area contributed by atoms with E-state index in [1.807, 2.05) is 91.0 Å². The van der Waals surface area contributed by atoms with Crippen molar-refractivity contribution < 1.29 is 24.5 Å². The van der Waals surface area contributed by atoms with Gasteiger partial charge in [-0.3, -0.25) is 4.79 Å². The van der Waals surface area contributed by atoms with Crippen molar-refractivity contribution in [2.45, 2.75) is 50.0 Å². The van der Waals surface area contributed by atoms with E-state index in [1.54, 1.807) is 12.1 Å². The number of carbonyl (C=O) groups excluding carboxylic acids is 1. The first kappa shape index (κ1) is 30.5. The lowest BCUT2D eigenvalue weighted by atomic mass is 9.84. The minimum absolute atomic E-state index is 0.00927. The quantitative estimate of drug-likeness (QED) is 0.207. The summed E-state index contributed by atoms with van der Waals surface area (Å²) in [5, 5.41) is 24.5. The number of aliphatic hydroxyl groups excluding tert-OH is 1. The van der Waals surface area contributed by atoms with Crippen molar-refractivity contribution in [3.63, 3.8) is 0 Å². The molecule has 4 aromatic rings. The number of hydrogen-bond acceptors (Lipinski definition) is 6. The molecule has 0 aliphatic carbocycles. The summed E-state index contributed by atoms with van der Waals surface area (Å²) in [5.74, 6) is -0.167. The molecule has 2 heterocycles. The van der Waals surface area contributed by atoms with Crippen molar-refractivity contribution in [1.29, 1.82) is 0 Å². The number of halogens is 1. The van der Waals surface area contributed by atoms with Gasteiger partial charge in [-0.15, -0.1) is 0 Å². The van der Waals surface area contributed by atoms with Gasteiger partial charge in [-0.25, -0.2) is 0 Å². The lowest BCUT2D eigenvalue weighted by Crippen LogP contribution is -2.46. The first-order valence-corrected chi connectivity index (χ1v) is 15.4. The third kappa shape index (κ3) is 7.21. The van der Waals surface area contributed by atoms with Crippen molar-refractivity contribution >= 4 is 23.2 Å². The van der Waals surface area contributed by atoms with E-state index in [0.717, 1.165) is 35.3 Å². The molecule has 2 fully saturated rings. The highest BCUT2D eigenvalue weighted by Crippen LogP contribution is 2.39. The Hall–Kier alpha value is -3.56. The van der Waals surface area contributed by atoms with E-state index in [2.05, 4.69) is 10.2 Å². The molecule has 0 aromatic heterocycles. The summed E-state index contributed by atoms with van der Waals surface area (Å²) < 4.78 is 13.0. The summed E-state index contributed by atoms with van der Waals surface area (Å²) in [4.78, 5) is 15.0. The molecule has 228 valence electrons. The number of amides is 1. The molecule has 44 heavy (non-hydrogen) atoms. The van der Waals surface area contributed by atoms with Gasteiger partial charge in [-0.2, -0.15) is 0 Å². The zero-order chi connectivity index (χ0) is 30.5. The Morgan fingerprint density at radius 3 is 2.18 bits per heavy atom. The van der Waals surface area contributed by atoms with Crippen LogP contribution in [0.1, 0.15) is 64.3 Å². The van der Waals surface area contributed by atoms with Gasteiger partial charge in [-0.05, 0) is 65.9 Å². The van der Waals surface area contributed by atoms with Crippen LogP contribution in [-0.2, 0) is 21.7 Å². The summed E-state index contributed by atoms with van der Waals surface area (Å²) in [6.45, 7) is 2.20. The zero-order valence-electron chi connectivity index (χ0n) is 24.4. The molecule has 0 saturated carbocycles. The number of piperidine rings is 1. The maximum absolute atomic E-state index is 12.6. The van der Waals surface area contributed by atoms with E-state index < -0.39 is 11.9 Å². The average molecular weight is 613 g/mol. The molecule has 4 aromatic carbocycles. The van der Waals surface area contributed by atoms with Gasteiger partial charge in [0.05, 0.1) is 24.4 Å². The van der Waals surface area contributed by atoms with Gasteiger partial charge in [0.2, 0.25) is 0 Å². The normalized spacial score (nSPS) is 21.9. The number of nitrogens with zero attached hydrogens (tertiary/aromatic N) is 1. The lowest BCUT2D eigenvalue weighted by molar-refractivity contribution is -0.253. The predicted molar refractivity (Wildman–Crippen MR) is 170 cm³/mol. The molecular formula is C36H37ClN2O5. The molecule has 8 heteroatoms. The predicted octanol–water partition coefficient (Wildman–Crippen LogP) is 6.61. The van der Waals surface area contributed by atoms with Crippen molar-refractivity contribution in [2.24, 2.45) is 0 Å². The highest BCUT2D eigenvalue weighted by molar-refractivity contribution is 6.30. The van der Waals surface area contributed by atoms with E-state index in [-0.39, 0.29) is 24.7 Å². The van der Waals surface area contributed by atoms with Crippen LogP contribution in [-0.4, -0.2) is 46.8 Å². The van der Waals surface area contributed by atoms with Gasteiger partial charge in [0.25, 0.3) is 5.91 Å². The monoisotopic (exact) mass is 612 g/mol. The van der Waals surface area contributed by atoms with Crippen LogP contribution in [0.15, 0.2) is 103 Å². The fraction of sp³-hybridized carbons (Fsp3) is 0.306. The number of hydrogen-bond donors (Lipinski definition) is 3. The smallest absolute Gasteiger partial charge is 0.255 e. The zero-order valence-corrected chi connectivity index (χ0v) is 25.2. The second-order valence-electron chi connectivity index (χ2n) is 11.6. The molecule has 0 unspecified atom stereocenters. The number of rotatable bonds is 8. The van der Waals surface area contributed by atoms with Gasteiger partial charge in [0, 0.05) is 47.9 Å². The van der Waals surface area contributed by atoms with Crippen molar-refractivity contribution in [3.05, 3.63) is 136 Å². The molecule has 3 atom stereocenters. The van der Waals surface area contributed by atoms with Gasteiger partial charge in [0.1, 0.15) is 0 Å². The number of carbonyl (C=O) groups is 1. The highest BCUT2D eigenvalue weighted by atomic mass is 35.5. The molecule has 1 amide bonds. The van der Waals surface area contributed by atoms with Crippen molar-refractivity contribution in [3.8, 4) is 0 Å². The summed E-state index contributed by atoms with van der Waals surface area (Å²) in [5.41, 5.74) is 4.06. The highest BCUT2D eigenvalue weighted by Gasteiger charge is 2.37. The number of anilines is 1. The molecule has 2 saturated heterocycles. The summed E-state index contributed by atoms with van der Waals surface area (Å²) in [7, 11) is 0. The topological polar surface area (TPSA) is 91.3 Å². The lowest BCUT2D eigenvalue weighted by Gasteiger charge is -2.42. The Kier molecular flexibility index (Phi) is 9.42. The van der Waals surface area contributed by atoms with Crippen LogP contribution < -0.4 is 5.32 Å². The van der Waals surface area contributed by atoms with Gasteiger partial charge < -0.3 is 29.9 Å². The summed E-state index contributed by atoms with van der Waals surface area (Å²) in [6, 6.07) is 32.0. The van der Waals surface area contributed by atoms with E-state index >= 15 is 0 Å². The van der Waals surface area contributed by atoms with Crippen LogP contribution >= 0.6 is 11.6 Å². The molecule has 2 aliphatic rings. The van der Waals surface area contributed by atoms with Crippen molar-refractivity contribution in [2.75, 3.05) is 25.0 Å². The molecule has 2 aliphatic heterocycles. The van der Waals surface area contributed by atoms with E-state index in [9.17, 15) is 15.0 Å². The number of ether oxygens (including phenoxy) is 2. The third-order valence-electron chi connectivity index (χ3n) is 8.62. The van der Waals surface area contributed by atoms with E-state index in [4.69, 9.17) is 21.1 Å². The van der Waals surface area contributed by atoms with Gasteiger partial charge in [0.15, 0.2) is 6.29 Å².